The van der Waals surface area contributed by atoms with Crippen molar-refractivity contribution < 1.29 is 4.74 Å². The van der Waals surface area contributed by atoms with E-state index in [9.17, 15) is 4.79 Å². The van der Waals surface area contributed by atoms with Crippen LogP contribution in [0.5, 0.6) is 5.75 Å². The Bertz CT molecular complexity index is 1380. The van der Waals surface area contributed by atoms with Gasteiger partial charge < -0.3 is 19.9 Å². The Morgan fingerprint density at radius 3 is 2.37 bits per heavy atom. The zero-order valence-electron chi connectivity index (χ0n) is 20.6. The van der Waals surface area contributed by atoms with E-state index in [1.54, 1.807) is 7.11 Å². The lowest BCUT2D eigenvalue weighted by Gasteiger charge is -2.28. The molecule has 0 aliphatic carbocycles. The van der Waals surface area contributed by atoms with Gasteiger partial charge in [0.1, 0.15) is 5.75 Å². The number of hydrogen-bond donors (Lipinski definition) is 2. The Kier molecular flexibility index (Phi) is 7.51. The zero-order valence-corrected chi connectivity index (χ0v) is 21.4. The van der Waals surface area contributed by atoms with E-state index < -0.39 is 0 Å². The van der Waals surface area contributed by atoms with E-state index in [0.29, 0.717) is 23.8 Å². The molecule has 5 nitrogen and oxygen atoms in total. The number of hydrogen-bond acceptors (Lipinski definition) is 3. The summed E-state index contributed by atoms with van der Waals surface area (Å²) in [6.45, 7) is 7.10. The fourth-order valence-electron chi connectivity index (χ4n) is 4.19. The van der Waals surface area contributed by atoms with Crippen molar-refractivity contribution in [3.63, 3.8) is 0 Å². The summed E-state index contributed by atoms with van der Waals surface area (Å²) in [7, 11) is 1.65. The standard InChI is InChI=1S/C29H31N3O2S/c1-19-10-11-20(2)27-26(19)16-24(28(33)31-27)18-32(17-22-12-14-25(34-4)15-13-22)29(35)30-21(3)23-8-6-5-7-9-23/h5-16,21H,17-18H2,1-4H3,(H,30,35)(H,31,33). The molecule has 4 aromatic rings. The van der Waals surface area contributed by atoms with E-state index in [4.69, 9.17) is 17.0 Å². The summed E-state index contributed by atoms with van der Waals surface area (Å²) in [6.07, 6.45) is 0. The van der Waals surface area contributed by atoms with Crippen LogP contribution in [0.4, 0.5) is 0 Å². The highest BCUT2D eigenvalue weighted by Crippen LogP contribution is 2.21. The zero-order chi connectivity index (χ0) is 24.9. The minimum Gasteiger partial charge on any atom is -0.497 e. The molecular weight excluding hydrogens is 454 g/mol. The summed E-state index contributed by atoms with van der Waals surface area (Å²) >= 11 is 5.86. The number of nitrogens with one attached hydrogen (secondary N) is 2. The van der Waals surface area contributed by atoms with Crippen LogP contribution < -0.4 is 15.6 Å². The number of rotatable bonds is 7. The van der Waals surface area contributed by atoms with Crippen molar-refractivity contribution in [2.45, 2.75) is 39.9 Å². The molecule has 6 heteroatoms. The molecule has 1 aromatic heterocycles. The molecule has 4 rings (SSSR count). The highest BCUT2D eigenvalue weighted by molar-refractivity contribution is 7.80. The molecule has 0 amide bonds. The number of fused-ring (bicyclic) bond motifs is 1. The average molecular weight is 486 g/mol. The second kappa shape index (κ2) is 10.7. The normalized spacial score (nSPS) is 11.8. The van der Waals surface area contributed by atoms with Crippen LogP contribution in [0.25, 0.3) is 10.9 Å². The number of thiocarbonyl (C=S) groups is 1. The molecule has 0 saturated carbocycles. The monoisotopic (exact) mass is 485 g/mol. The molecule has 0 fully saturated rings. The van der Waals surface area contributed by atoms with Gasteiger partial charge in [0.15, 0.2) is 5.11 Å². The van der Waals surface area contributed by atoms with Gasteiger partial charge in [-0.2, -0.15) is 0 Å². The molecule has 2 N–H and O–H groups in total. The van der Waals surface area contributed by atoms with Crippen LogP contribution in [-0.2, 0) is 13.1 Å². The Labute approximate surface area is 211 Å². The van der Waals surface area contributed by atoms with Crippen molar-refractivity contribution in [1.29, 1.82) is 0 Å². The Balaban J connectivity index is 1.65. The van der Waals surface area contributed by atoms with Crippen molar-refractivity contribution in [3.05, 3.63) is 111 Å². The lowest BCUT2D eigenvalue weighted by Crippen LogP contribution is -2.41. The third kappa shape index (κ3) is 5.72. The van der Waals surface area contributed by atoms with Crippen molar-refractivity contribution >= 4 is 28.2 Å². The van der Waals surface area contributed by atoms with Gasteiger partial charge in [0.2, 0.25) is 0 Å². The second-order valence-corrected chi connectivity index (χ2v) is 9.28. The summed E-state index contributed by atoms with van der Waals surface area (Å²) in [4.78, 5) is 18.2. The van der Waals surface area contributed by atoms with Crippen molar-refractivity contribution in [2.24, 2.45) is 0 Å². The van der Waals surface area contributed by atoms with Crippen molar-refractivity contribution in [1.82, 2.24) is 15.2 Å². The molecule has 0 aliphatic rings. The molecular formula is C29H31N3O2S. The molecule has 0 aliphatic heterocycles. The van der Waals surface area contributed by atoms with Crippen LogP contribution in [0.3, 0.4) is 0 Å². The SMILES string of the molecule is COc1ccc(CN(Cc2cc3c(C)ccc(C)c3[nH]c2=O)C(=S)NC(C)c2ccccc2)cc1. The number of methoxy groups -OCH3 is 1. The van der Waals surface area contributed by atoms with Gasteiger partial charge in [-0.15, -0.1) is 0 Å². The minimum atomic E-state index is -0.0927. The number of benzene rings is 3. The van der Waals surface area contributed by atoms with Gasteiger partial charge in [0, 0.05) is 17.5 Å². The first-order valence-corrected chi connectivity index (χ1v) is 12.1. The maximum Gasteiger partial charge on any atom is 0.253 e. The van der Waals surface area contributed by atoms with Crippen LogP contribution in [0.15, 0.2) is 77.6 Å². The summed E-state index contributed by atoms with van der Waals surface area (Å²) < 4.78 is 5.30. The molecule has 35 heavy (non-hydrogen) atoms. The number of aryl methyl sites for hydroxylation is 2. The van der Waals surface area contributed by atoms with Crippen molar-refractivity contribution in [2.75, 3.05) is 7.11 Å². The third-order valence-electron chi connectivity index (χ3n) is 6.34. The smallest absolute Gasteiger partial charge is 0.253 e. The maximum absolute atomic E-state index is 13.1. The van der Waals surface area contributed by atoms with Gasteiger partial charge in [-0.25, -0.2) is 0 Å². The molecule has 1 atom stereocenters. The van der Waals surface area contributed by atoms with Gasteiger partial charge in [-0.3, -0.25) is 4.79 Å². The van der Waals surface area contributed by atoms with Gasteiger partial charge in [0.05, 0.1) is 25.2 Å². The van der Waals surface area contributed by atoms with Crippen LogP contribution >= 0.6 is 12.2 Å². The highest BCUT2D eigenvalue weighted by Gasteiger charge is 2.17. The summed E-state index contributed by atoms with van der Waals surface area (Å²) in [6, 6.07) is 24.3. The van der Waals surface area contributed by atoms with E-state index in [0.717, 1.165) is 38.9 Å². The summed E-state index contributed by atoms with van der Waals surface area (Å²) in [5.41, 5.74) is 5.88. The van der Waals surface area contributed by atoms with Gasteiger partial charge in [-0.05, 0) is 73.4 Å². The molecule has 3 aromatic carbocycles. The van der Waals surface area contributed by atoms with Gasteiger partial charge in [0.25, 0.3) is 5.56 Å². The Morgan fingerprint density at radius 2 is 1.69 bits per heavy atom. The minimum absolute atomic E-state index is 0.0295. The van der Waals surface area contributed by atoms with Crippen LogP contribution in [-0.4, -0.2) is 22.1 Å². The second-order valence-electron chi connectivity index (χ2n) is 8.90. The number of pyridine rings is 1. The van der Waals surface area contributed by atoms with Crippen LogP contribution in [0.2, 0.25) is 0 Å². The maximum atomic E-state index is 13.1. The topological polar surface area (TPSA) is 57.4 Å². The van der Waals surface area contributed by atoms with E-state index in [2.05, 4.69) is 42.3 Å². The first-order chi connectivity index (χ1) is 16.9. The lowest BCUT2D eigenvalue weighted by atomic mass is 10.0. The molecule has 0 bridgehead atoms. The molecule has 1 unspecified atom stereocenters. The summed E-state index contributed by atoms with van der Waals surface area (Å²) in [5.74, 6) is 0.801. The molecule has 0 saturated heterocycles. The molecule has 180 valence electrons. The molecule has 0 spiro atoms. The average Bonchev–Trinajstić information content (AvgIpc) is 2.87. The number of H-pyrrole nitrogens is 1. The summed E-state index contributed by atoms with van der Waals surface area (Å²) in [5, 5.41) is 5.11. The quantitative estimate of drug-likeness (QED) is 0.325. The third-order valence-corrected chi connectivity index (χ3v) is 6.72. The fraction of sp³-hybridized carbons (Fsp3) is 0.241. The van der Waals surface area contributed by atoms with Gasteiger partial charge in [-0.1, -0.05) is 54.6 Å². The lowest BCUT2D eigenvalue weighted by molar-refractivity contribution is 0.390. The predicted molar refractivity (Wildman–Crippen MR) is 147 cm³/mol. The molecule has 0 radical (unpaired) electrons. The predicted octanol–water partition coefficient (Wildman–Crippen LogP) is 5.79. The molecule has 1 heterocycles. The number of nitrogens with zero attached hydrogens (tertiary/aromatic N) is 1. The first-order valence-electron chi connectivity index (χ1n) is 11.7. The largest absolute Gasteiger partial charge is 0.497 e. The van der Waals surface area contributed by atoms with Crippen LogP contribution in [0.1, 0.15) is 40.8 Å². The van der Waals surface area contributed by atoms with E-state index in [-0.39, 0.29) is 11.6 Å². The van der Waals surface area contributed by atoms with E-state index in [1.165, 1.54) is 0 Å². The van der Waals surface area contributed by atoms with E-state index >= 15 is 0 Å². The van der Waals surface area contributed by atoms with Gasteiger partial charge >= 0.3 is 0 Å². The first kappa shape index (κ1) is 24.5. The van der Waals surface area contributed by atoms with Crippen LogP contribution in [0, 0.1) is 13.8 Å². The highest BCUT2D eigenvalue weighted by atomic mass is 32.1. The Morgan fingerprint density at radius 1 is 1.00 bits per heavy atom. The Hall–Kier alpha value is -3.64. The van der Waals surface area contributed by atoms with Crippen molar-refractivity contribution in [3.8, 4) is 5.75 Å². The number of aromatic nitrogens is 1. The van der Waals surface area contributed by atoms with E-state index in [1.807, 2.05) is 66.4 Å². The number of aromatic amines is 1. The number of ether oxygens (including phenoxy) is 1. The fourth-order valence-corrected chi connectivity index (χ4v) is 4.50.